The van der Waals surface area contributed by atoms with Crippen LogP contribution >= 0.6 is 0 Å². The predicted octanol–water partition coefficient (Wildman–Crippen LogP) is 1.72. The Morgan fingerprint density at radius 2 is 1.50 bits per heavy atom. The summed E-state index contributed by atoms with van der Waals surface area (Å²) >= 11 is 0. The lowest BCUT2D eigenvalue weighted by Crippen LogP contribution is -2.55. The number of imide groups is 1. The van der Waals surface area contributed by atoms with Gasteiger partial charge in [0.05, 0.1) is 19.9 Å². The van der Waals surface area contributed by atoms with E-state index in [-0.39, 0.29) is 19.0 Å². The Bertz CT molecular complexity index is 828. The highest BCUT2D eigenvalue weighted by molar-refractivity contribution is 6.14. The van der Waals surface area contributed by atoms with Crippen LogP contribution in [0.1, 0.15) is 10.4 Å². The first-order valence-corrected chi connectivity index (χ1v) is 7.96. The first-order valence-electron chi connectivity index (χ1n) is 7.96. The van der Waals surface area contributed by atoms with Crippen LogP contribution in [0, 0.1) is 0 Å². The van der Waals surface area contributed by atoms with Crippen molar-refractivity contribution >= 4 is 23.4 Å². The summed E-state index contributed by atoms with van der Waals surface area (Å²) in [5.41, 5.74) is 0.844. The predicted molar refractivity (Wildman–Crippen MR) is 94.4 cm³/mol. The highest BCUT2D eigenvalue weighted by atomic mass is 16.5. The number of ether oxygens (including phenoxy) is 2. The van der Waals surface area contributed by atoms with Gasteiger partial charge in [0.2, 0.25) is 11.8 Å². The lowest BCUT2D eigenvalue weighted by molar-refractivity contribution is -0.135. The van der Waals surface area contributed by atoms with E-state index in [0.717, 1.165) is 4.90 Å². The van der Waals surface area contributed by atoms with Crippen molar-refractivity contribution < 1.29 is 23.9 Å². The van der Waals surface area contributed by atoms with E-state index in [1.165, 1.54) is 19.1 Å². The molecule has 0 N–H and O–H groups in total. The monoisotopic (exact) mass is 354 g/mol. The van der Waals surface area contributed by atoms with E-state index >= 15 is 0 Å². The summed E-state index contributed by atoms with van der Waals surface area (Å²) in [4.78, 5) is 39.9. The molecule has 3 rings (SSSR count). The SMILES string of the molecule is COc1cc(OC)cc(N2CC(=O)N(C(=O)c3ccccc3)CC2=O)c1. The van der Waals surface area contributed by atoms with Gasteiger partial charge in [-0.25, -0.2) is 0 Å². The van der Waals surface area contributed by atoms with Gasteiger partial charge in [0, 0.05) is 23.8 Å². The van der Waals surface area contributed by atoms with Gasteiger partial charge in [-0.1, -0.05) is 18.2 Å². The molecule has 0 aliphatic carbocycles. The van der Waals surface area contributed by atoms with E-state index in [1.807, 2.05) is 0 Å². The molecule has 0 unspecified atom stereocenters. The lowest BCUT2D eigenvalue weighted by Gasteiger charge is -2.33. The fraction of sp³-hybridized carbons (Fsp3) is 0.211. The molecule has 0 radical (unpaired) electrons. The Labute approximate surface area is 150 Å². The maximum Gasteiger partial charge on any atom is 0.260 e. The second-order valence-electron chi connectivity index (χ2n) is 5.70. The molecule has 0 spiro atoms. The van der Waals surface area contributed by atoms with Gasteiger partial charge < -0.3 is 14.4 Å². The summed E-state index contributed by atoms with van der Waals surface area (Å²) in [7, 11) is 3.00. The molecule has 2 aromatic carbocycles. The number of hydrogen-bond acceptors (Lipinski definition) is 5. The van der Waals surface area contributed by atoms with Crippen molar-refractivity contribution in [3.63, 3.8) is 0 Å². The Kier molecular flexibility index (Phi) is 4.88. The van der Waals surface area contributed by atoms with E-state index < -0.39 is 11.8 Å². The van der Waals surface area contributed by atoms with Crippen LogP contribution in [0.2, 0.25) is 0 Å². The van der Waals surface area contributed by atoms with Gasteiger partial charge in [-0.15, -0.1) is 0 Å². The average molecular weight is 354 g/mol. The average Bonchev–Trinajstić information content (AvgIpc) is 2.69. The van der Waals surface area contributed by atoms with Gasteiger partial charge in [-0.2, -0.15) is 0 Å². The molecule has 1 fully saturated rings. The van der Waals surface area contributed by atoms with Crippen molar-refractivity contribution in [2.75, 3.05) is 32.2 Å². The second kappa shape index (κ2) is 7.26. The fourth-order valence-corrected chi connectivity index (χ4v) is 2.72. The molecule has 1 heterocycles. The molecular formula is C19H18N2O5. The summed E-state index contributed by atoms with van der Waals surface area (Å²) in [5.74, 6) is -0.277. The largest absolute Gasteiger partial charge is 0.497 e. The van der Waals surface area contributed by atoms with E-state index in [1.54, 1.807) is 48.5 Å². The smallest absolute Gasteiger partial charge is 0.260 e. The van der Waals surface area contributed by atoms with Gasteiger partial charge in [0.25, 0.3) is 5.91 Å². The first kappa shape index (κ1) is 17.5. The first-order chi connectivity index (χ1) is 12.5. The van der Waals surface area contributed by atoms with Crippen molar-refractivity contribution in [3.05, 3.63) is 54.1 Å². The number of piperazine rings is 1. The van der Waals surface area contributed by atoms with E-state index in [2.05, 4.69) is 0 Å². The van der Waals surface area contributed by atoms with Gasteiger partial charge >= 0.3 is 0 Å². The number of carbonyl (C=O) groups is 3. The lowest BCUT2D eigenvalue weighted by atomic mass is 10.1. The van der Waals surface area contributed by atoms with Crippen molar-refractivity contribution in [1.29, 1.82) is 0 Å². The molecule has 1 aliphatic rings. The van der Waals surface area contributed by atoms with Crippen LogP contribution in [-0.4, -0.2) is 49.9 Å². The summed E-state index contributed by atoms with van der Waals surface area (Å²) in [6.45, 7) is -0.542. The molecule has 1 aliphatic heterocycles. The summed E-state index contributed by atoms with van der Waals surface area (Å²) < 4.78 is 10.4. The molecule has 2 aromatic rings. The molecule has 7 heteroatoms. The van der Waals surface area contributed by atoms with Gasteiger partial charge in [0.15, 0.2) is 0 Å². The maximum absolute atomic E-state index is 12.6. The quantitative estimate of drug-likeness (QED) is 0.782. The summed E-state index contributed by atoms with van der Waals surface area (Å²) in [6.07, 6.45) is 0. The van der Waals surface area contributed by atoms with Crippen LogP contribution in [0.25, 0.3) is 0 Å². The second-order valence-corrected chi connectivity index (χ2v) is 5.70. The topological polar surface area (TPSA) is 76.2 Å². The van der Waals surface area contributed by atoms with Crippen LogP contribution in [0.15, 0.2) is 48.5 Å². The molecule has 0 atom stereocenters. The van der Waals surface area contributed by atoms with Gasteiger partial charge in [0.1, 0.15) is 24.6 Å². The van der Waals surface area contributed by atoms with Crippen LogP contribution in [0.5, 0.6) is 11.5 Å². The highest BCUT2D eigenvalue weighted by Crippen LogP contribution is 2.29. The zero-order valence-electron chi connectivity index (χ0n) is 14.5. The Balaban J connectivity index is 1.84. The van der Waals surface area contributed by atoms with Crippen LogP contribution < -0.4 is 14.4 Å². The zero-order valence-corrected chi connectivity index (χ0v) is 14.5. The molecule has 26 heavy (non-hydrogen) atoms. The number of rotatable bonds is 4. The fourth-order valence-electron chi connectivity index (χ4n) is 2.72. The van der Waals surface area contributed by atoms with Crippen LogP contribution in [0.3, 0.4) is 0 Å². The molecule has 7 nitrogen and oxygen atoms in total. The van der Waals surface area contributed by atoms with E-state index in [0.29, 0.717) is 22.7 Å². The molecular weight excluding hydrogens is 336 g/mol. The Morgan fingerprint density at radius 1 is 0.885 bits per heavy atom. The van der Waals surface area contributed by atoms with Crippen molar-refractivity contribution in [1.82, 2.24) is 4.90 Å². The minimum Gasteiger partial charge on any atom is -0.497 e. The number of methoxy groups -OCH3 is 2. The third-order valence-corrected chi connectivity index (χ3v) is 4.10. The van der Waals surface area contributed by atoms with E-state index in [4.69, 9.17) is 9.47 Å². The number of anilines is 1. The molecule has 0 saturated carbocycles. The molecule has 134 valence electrons. The highest BCUT2D eigenvalue weighted by Gasteiger charge is 2.35. The van der Waals surface area contributed by atoms with Gasteiger partial charge in [-0.05, 0) is 12.1 Å². The molecule has 0 aromatic heterocycles. The Hall–Kier alpha value is -3.35. The summed E-state index contributed by atoms with van der Waals surface area (Å²) in [6, 6.07) is 13.4. The number of amides is 3. The molecule has 3 amide bonds. The number of carbonyl (C=O) groups excluding carboxylic acids is 3. The summed E-state index contributed by atoms with van der Waals surface area (Å²) in [5, 5.41) is 0. The van der Waals surface area contributed by atoms with Crippen LogP contribution in [-0.2, 0) is 9.59 Å². The van der Waals surface area contributed by atoms with E-state index in [9.17, 15) is 14.4 Å². The van der Waals surface area contributed by atoms with Crippen LogP contribution in [0.4, 0.5) is 5.69 Å². The maximum atomic E-state index is 12.6. The number of nitrogens with zero attached hydrogens (tertiary/aromatic N) is 2. The number of hydrogen-bond donors (Lipinski definition) is 0. The molecule has 0 bridgehead atoms. The normalized spacial score (nSPS) is 14.4. The van der Waals surface area contributed by atoms with Crippen molar-refractivity contribution in [3.8, 4) is 11.5 Å². The molecule has 1 saturated heterocycles. The number of benzene rings is 2. The third kappa shape index (κ3) is 3.37. The van der Waals surface area contributed by atoms with Crippen molar-refractivity contribution in [2.45, 2.75) is 0 Å². The van der Waals surface area contributed by atoms with Gasteiger partial charge in [-0.3, -0.25) is 19.3 Å². The zero-order chi connectivity index (χ0) is 18.7. The minimum absolute atomic E-state index is 0.228. The van der Waals surface area contributed by atoms with Crippen molar-refractivity contribution in [2.24, 2.45) is 0 Å². The minimum atomic E-state index is -0.480. The standard InChI is InChI=1S/C19H18N2O5/c1-25-15-8-14(9-16(10-15)26-2)20-11-18(23)21(12-17(20)22)19(24)13-6-4-3-5-7-13/h3-10H,11-12H2,1-2H3. The third-order valence-electron chi connectivity index (χ3n) is 4.10. The Morgan fingerprint density at radius 3 is 2.08 bits per heavy atom.